The van der Waals surface area contributed by atoms with E-state index in [1.807, 2.05) is 24.3 Å². The molecule has 0 saturated carbocycles. The van der Waals surface area contributed by atoms with E-state index in [1.165, 1.54) is 12.5 Å². The molecular weight excluding hydrogens is 278 g/mol. The number of hydrogen-bond acceptors (Lipinski definition) is 5. The van der Waals surface area contributed by atoms with E-state index in [9.17, 15) is 4.79 Å². The van der Waals surface area contributed by atoms with Gasteiger partial charge in [0.25, 0.3) is 0 Å². The van der Waals surface area contributed by atoms with Gasteiger partial charge in [-0.3, -0.25) is 9.78 Å². The molecule has 3 rings (SSSR count). The van der Waals surface area contributed by atoms with Crippen LogP contribution in [0.5, 0.6) is 0 Å². The van der Waals surface area contributed by atoms with Gasteiger partial charge in [0.05, 0.1) is 12.1 Å². The Kier molecular flexibility index (Phi) is 4.88. The monoisotopic (exact) mass is 297 g/mol. The third-order valence-electron chi connectivity index (χ3n) is 3.16. The molecule has 2 N–H and O–H groups in total. The number of aryl methyl sites for hydroxylation is 1. The van der Waals surface area contributed by atoms with Crippen molar-refractivity contribution in [2.45, 2.75) is 20.8 Å². The molecule has 0 amide bonds. The Morgan fingerprint density at radius 2 is 2.00 bits per heavy atom. The number of hydrogen-bond donors (Lipinski definition) is 1. The maximum absolute atomic E-state index is 9.82. The van der Waals surface area contributed by atoms with Gasteiger partial charge in [-0.1, -0.05) is 18.2 Å². The number of fused-ring (bicyclic) bond motifs is 3. The van der Waals surface area contributed by atoms with Gasteiger partial charge in [0, 0.05) is 23.9 Å². The van der Waals surface area contributed by atoms with Crippen LogP contribution >= 0.6 is 0 Å². The Morgan fingerprint density at radius 3 is 2.64 bits per heavy atom. The molecule has 2 aromatic heterocycles. The summed E-state index contributed by atoms with van der Waals surface area (Å²) in [6.07, 6.45) is 1.77. The lowest BCUT2D eigenvalue weighted by Crippen LogP contribution is -1.96. The Bertz CT molecular complexity index is 815. The van der Waals surface area contributed by atoms with Crippen LogP contribution in [-0.4, -0.2) is 22.5 Å². The van der Waals surface area contributed by atoms with Gasteiger partial charge >= 0.3 is 5.97 Å². The lowest BCUT2D eigenvalue weighted by molar-refractivity contribution is -0.140. The standard InChI is InChI=1S/C13H11N3.C4H8O2/c1-8-6-7-15-12-11(8)9-4-2-3-5-10(9)16-13(12)14;1-3-6-4(2)5/h2-7H,1H3,(H2,14,16);3H2,1-2H3. The zero-order chi connectivity index (χ0) is 16.1. The number of nitrogens with zero attached hydrogens (tertiary/aromatic N) is 2. The maximum atomic E-state index is 9.82. The molecule has 114 valence electrons. The molecule has 3 aromatic rings. The molecule has 0 fully saturated rings. The van der Waals surface area contributed by atoms with Crippen LogP contribution in [0.4, 0.5) is 5.82 Å². The lowest BCUT2D eigenvalue weighted by atomic mass is 10.1. The summed E-state index contributed by atoms with van der Waals surface area (Å²) in [5.74, 6) is 0.287. The Balaban J connectivity index is 0.000000254. The average molecular weight is 297 g/mol. The molecule has 22 heavy (non-hydrogen) atoms. The van der Waals surface area contributed by atoms with Crippen molar-refractivity contribution in [1.29, 1.82) is 0 Å². The molecule has 0 unspecified atom stereocenters. The smallest absolute Gasteiger partial charge is 0.302 e. The van der Waals surface area contributed by atoms with Crippen LogP contribution in [0.1, 0.15) is 19.4 Å². The quantitative estimate of drug-likeness (QED) is 0.551. The Morgan fingerprint density at radius 1 is 1.27 bits per heavy atom. The molecule has 0 bridgehead atoms. The van der Waals surface area contributed by atoms with E-state index in [-0.39, 0.29) is 5.97 Å². The summed E-state index contributed by atoms with van der Waals surface area (Å²) in [4.78, 5) is 18.5. The zero-order valence-electron chi connectivity index (χ0n) is 13.0. The first kappa shape index (κ1) is 15.7. The summed E-state index contributed by atoms with van der Waals surface area (Å²) in [6, 6.07) is 9.99. The molecular formula is C17H19N3O2. The molecule has 5 heteroatoms. The molecule has 0 aliphatic carbocycles. The Labute approximate surface area is 129 Å². The highest BCUT2D eigenvalue weighted by atomic mass is 16.5. The molecule has 0 aliphatic rings. The first-order valence-electron chi connectivity index (χ1n) is 7.07. The van der Waals surface area contributed by atoms with Gasteiger partial charge in [-0.2, -0.15) is 0 Å². The predicted octanol–water partition coefficient (Wildman–Crippen LogP) is 3.24. The van der Waals surface area contributed by atoms with E-state index >= 15 is 0 Å². The minimum atomic E-state index is -0.211. The fourth-order valence-electron chi connectivity index (χ4n) is 2.26. The number of pyridine rings is 2. The summed E-state index contributed by atoms with van der Waals surface area (Å²) in [5.41, 5.74) is 8.80. The van der Waals surface area contributed by atoms with Crippen molar-refractivity contribution < 1.29 is 9.53 Å². The van der Waals surface area contributed by atoms with Gasteiger partial charge in [-0.25, -0.2) is 4.98 Å². The highest BCUT2D eigenvalue weighted by Crippen LogP contribution is 2.28. The fourth-order valence-corrected chi connectivity index (χ4v) is 2.26. The molecule has 0 saturated heterocycles. The predicted molar refractivity (Wildman–Crippen MR) is 88.5 cm³/mol. The number of anilines is 1. The van der Waals surface area contributed by atoms with Crippen LogP contribution in [0.25, 0.3) is 21.8 Å². The minimum Gasteiger partial charge on any atom is -0.466 e. The summed E-state index contributed by atoms with van der Waals surface area (Å²) >= 11 is 0. The van der Waals surface area contributed by atoms with Gasteiger partial charge in [-0.15, -0.1) is 0 Å². The van der Waals surface area contributed by atoms with E-state index in [0.29, 0.717) is 12.4 Å². The zero-order valence-corrected chi connectivity index (χ0v) is 13.0. The maximum Gasteiger partial charge on any atom is 0.302 e. The molecule has 1 aromatic carbocycles. The number of para-hydroxylation sites is 1. The number of carbonyl (C=O) groups is 1. The van der Waals surface area contributed by atoms with Gasteiger partial charge < -0.3 is 10.5 Å². The first-order chi connectivity index (χ1) is 10.5. The van der Waals surface area contributed by atoms with Crippen molar-refractivity contribution in [3.63, 3.8) is 0 Å². The normalized spacial score (nSPS) is 10.1. The van der Waals surface area contributed by atoms with Gasteiger partial charge in [0.1, 0.15) is 5.52 Å². The van der Waals surface area contributed by atoms with Crippen molar-refractivity contribution in [3.8, 4) is 0 Å². The summed E-state index contributed by atoms with van der Waals surface area (Å²) in [7, 11) is 0. The number of ether oxygens (including phenoxy) is 1. The second-order valence-corrected chi connectivity index (χ2v) is 4.79. The number of nitrogen functional groups attached to an aromatic ring is 1. The molecule has 0 aliphatic heterocycles. The largest absolute Gasteiger partial charge is 0.466 e. The van der Waals surface area contributed by atoms with Gasteiger partial charge in [0.15, 0.2) is 5.82 Å². The number of aromatic nitrogens is 2. The topological polar surface area (TPSA) is 78.1 Å². The Hall–Kier alpha value is -2.69. The summed E-state index contributed by atoms with van der Waals surface area (Å²) < 4.78 is 4.40. The minimum absolute atomic E-state index is 0.211. The van der Waals surface area contributed by atoms with E-state index in [0.717, 1.165) is 21.8 Å². The van der Waals surface area contributed by atoms with Crippen LogP contribution in [0.3, 0.4) is 0 Å². The van der Waals surface area contributed by atoms with Crippen molar-refractivity contribution in [2.75, 3.05) is 12.3 Å². The van der Waals surface area contributed by atoms with E-state index in [4.69, 9.17) is 5.73 Å². The van der Waals surface area contributed by atoms with Crippen molar-refractivity contribution in [2.24, 2.45) is 0 Å². The molecule has 0 radical (unpaired) electrons. The molecule has 0 spiro atoms. The number of carbonyl (C=O) groups excluding carboxylic acids is 1. The fraction of sp³-hybridized carbons (Fsp3) is 0.235. The number of nitrogens with two attached hydrogens (primary N) is 1. The molecule has 0 atom stereocenters. The number of esters is 1. The van der Waals surface area contributed by atoms with E-state index in [1.54, 1.807) is 13.1 Å². The van der Waals surface area contributed by atoms with Gasteiger partial charge in [-0.05, 0) is 31.5 Å². The molecule has 2 heterocycles. The van der Waals surface area contributed by atoms with E-state index in [2.05, 4.69) is 27.7 Å². The van der Waals surface area contributed by atoms with Crippen molar-refractivity contribution in [1.82, 2.24) is 9.97 Å². The van der Waals surface area contributed by atoms with Gasteiger partial charge in [0.2, 0.25) is 0 Å². The first-order valence-corrected chi connectivity index (χ1v) is 7.07. The second-order valence-electron chi connectivity index (χ2n) is 4.79. The van der Waals surface area contributed by atoms with E-state index < -0.39 is 0 Å². The van der Waals surface area contributed by atoms with Crippen LogP contribution < -0.4 is 5.73 Å². The average Bonchev–Trinajstić information content (AvgIpc) is 2.48. The number of rotatable bonds is 1. The van der Waals surface area contributed by atoms with Crippen molar-refractivity contribution >= 4 is 33.6 Å². The van der Waals surface area contributed by atoms with Crippen LogP contribution in [0.2, 0.25) is 0 Å². The number of benzene rings is 1. The van der Waals surface area contributed by atoms with Crippen LogP contribution in [-0.2, 0) is 9.53 Å². The van der Waals surface area contributed by atoms with Crippen molar-refractivity contribution in [3.05, 3.63) is 42.1 Å². The third kappa shape index (κ3) is 3.31. The third-order valence-corrected chi connectivity index (χ3v) is 3.16. The summed E-state index contributed by atoms with van der Waals surface area (Å²) in [6.45, 7) is 5.72. The molecule has 5 nitrogen and oxygen atoms in total. The lowest BCUT2D eigenvalue weighted by Gasteiger charge is -2.07. The highest BCUT2D eigenvalue weighted by Gasteiger charge is 2.08. The second kappa shape index (κ2) is 6.85. The summed E-state index contributed by atoms with van der Waals surface area (Å²) in [5, 5.41) is 2.21. The van der Waals surface area contributed by atoms with Crippen LogP contribution in [0, 0.1) is 6.92 Å². The SMILES string of the molecule is CCOC(C)=O.Cc1ccnc2c(N)nc3ccccc3c12. The van der Waals surface area contributed by atoms with Crippen LogP contribution in [0.15, 0.2) is 36.5 Å². The highest BCUT2D eigenvalue weighted by molar-refractivity contribution is 6.09.